The lowest BCUT2D eigenvalue weighted by Crippen LogP contribution is -2.19. The van der Waals surface area contributed by atoms with Gasteiger partial charge in [-0.3, -0.25) is 0 Å². The number of ether oxygens (including phenoxy) is 2. The van der Waals surface area contributed by atoms with E-state index in [2.05, 4.69) is 36.6 Å². The highest BCUT2D eigenvalue weighted by Gasteiger charge is 2.13. The summed E-state index contributed by atoms with van der Waals surface area (Å²) >= 11 is 5.33. The topological polar surface area (TPSA) is 42.5 Å². The number of thiocarbonyl (C=S) groups is 1. The second-order valence-corrected chi connectivity index (χ2v) is 5.35. The van der Waals surface area contributed by atoms with Gasteiger partial charge >= 0.3 is 0 Å². The smallest absolute Gasteiger partial charge is 0.231 e. The Kier molecular flexibility index (Phi) is 3.66. The highest BCUT2D eigenvalue weighted by atomic mass is 32.1. The lowest BCUT2D eigenvalue weighted by molar-refractivity contribution is 0.174. The van der Waals surface area contributed by atoms with E-state index in [1.807, 2.05) is 24.3 Å². The quantitative estimate of drug-likeness (QED) is 0.825. The van der Waals surface area contributed by atoms with Crippen molar-refractivity contribution in [1.29, 1.82) is 0 Å². The minimum Gasteiger partial charge on any atom is -0.454 e. The summed E-state index contributed by atoms with van der Waals surface area (Å²) in [5.41, 5.74) is 4.32. The fourth-order valence-electron chi connectivity index (χ4n) is 2.09. The molecule has 0 bridgehead atoms. The van der Waals surface area contributed by atoms with Gasteiger partial charge in [-0.1, -0.05) is 6.07 Å². The van der Waals surface area contributed by atoms with Crippen LogP contribution in [0, 0.1) is 13.8 Å². The van der Waals surface area contributed by atoms with Crippen molar-refractivity contribution in [3.8, 4) is 11.5 Å². The molecule has 2 aromatic carbocycles. The number of rotatable bonds is 2. The maximum absolute atomic E-state index is 5.34. The Balaban J connectivity index is 1.67. The van der Waals surface area contributed by atoms with Crippen molar-refractivity contribution in [3.05, 3.63) is 47.5 Å². The van der Waals surface area contributed by atoms with Crippen LogP contribution in [0.4, 0.5) is 11.4 Å². The molecule has 0 saturated carbocycles. The molecule has 108 valence electrons. The first kappa shape index (κ1) is 13.7. The summed E-state index contributed by atoms with van der Waals surface area (Å²) in [6.45, 7) is 4.43. The molecule has 0 radical (unpaired) electrons. The standard InChI is InChI=1S/C16H16N2O2S/c1-10-3-4-12(7-11(10)2)17-16(21)18-13-5-6-14-15(8-13)20-9-19-14/h3-8H,9H2,1-2H3,(H2,17,18,21). The van der Waals surface area contributed by atoms with Crippen molar-refractivity contribution in [1.82, 2.24) is 0 Å². The average Bonchev–Trinajstić information content (AvgIpc) is 2.90. The van der Waals surface area contributed by atoms with E-state index < -0.39 is 0 Å². The van der Waals surface area contributed by atoms with Crippen LogP contribution in [-0.4, -0.2) is 11.9 Å². The zero-order valence-corrected chi connectivity index (χ0v) is 12.7. The maximum atomic E-state index is 5.34. The third-order valence-electron chi connectivity index (χ3n) is 3.40. The molecule has 0 atom stereocenters. The van der Waals surface area contributed by atoms with Gasteiger partial charge in [0.1, 0.15) is 0 Å². The Bertz CT molecular complexity index is 701. The van der Waals surface area contributed by atoms with Gasteiger partial charge in [0.05, 0.1) is 0 Å². The molecule has 0 aromatic heterocycles. The van der Waals surface area contributed by atoms with Gasteiger partial charge in [-0.2, -0.15) is 0 Å². The molecule has 1 aliphatic heterocycles. The molecule has 0 saturated heterocycles. The van der Waals surface area contributed by atoms with Gasteiger partial charge in [-0.25, -0.2) is 0 Å². The lowest BCUT2D eigenvalue weighted by Gasteiger charge is -2.12. The molecule has 0 unspecified atom stereocenters. The van der Waals surface area contributed by atoms with E-state index in [9.17, 15) is 0 Å². The zero-order chi connectivity index (χ0) is 14.8. The van der Waals surface area contributed by atoms with Crippen molar-refractivity contribution < 1.29 is 9.47 Å². The molecule has 0 amide bonds. The van der Waals surface area contributed by atoms with E-state index in [4.69, 9.17) is 21.7 Å². The predicted octanol–water partition coefficient (Wildman–Crippen LogP) is 3.84. The van der Waals surface area contributed by atoms with E-state index in [-0.39, 0.29) is 6.79 Å². The number of aryl methyl sites for hydroxylation is 2. The first-order valence-corrected chi connectivity index (χ1v) is 7.07. The summed E-state index contributed by atoms with van der Waals surface area (Å²) in [5, 5.41) is 6.85. The molecular formula is C16H16N2O2S. The molecule has 2 aromatic rings. The number of hydrogen-bond acceptors (Lipinski definition) is 3. The monoisotopic (exact) mass is 300 g/mol. The van der Waals surface area contributed by atoms with Crippen LogP contribution in [0.15, 0.2) is 36.4 Å². The van der Waals surface area contributed by atoms with E-state index in [0.29, 0.717) is 5.11 Å². The molecule has 5 heteroatoms. The molecule has 0 spiro atoms. The summed E-state index contributed by atoms with van der Waals surface area (Å²) in [4.78, 5) is 0. The van der Waals surface area contributed by atoms with Crippen LogP contribution in [0.5, 0.6) is 11.5 Å². The van der Waals surface area contributed by atoms with Crippen LogP contribution in [0.3, 0.4) is 0 Å². The summed E-state index contributed by atoms with van der Waals surface area (Å²) < 4.78 is 10.6. The summed E-state index contributed by atoms with van der Waals surface area (Å²) in [6.07, 6.45) is 0. The first-order chi connectivity index (χ1) is 10.1. The van der Waals surface area contributed by atoms with Crippen LogP contribution in [-0.2, 0) is 0 Å². The number of benzene rings is 2. The third kappa shape index (κ3) is 3.08. The van der Waals surface area contributed by atoms with Crippen LogP contribution >= 0.6 is 12.2 Å². The molecule has 4 nitrogen and oxygen atoms in total. The lowest BCUT2D eigenvalue weighted by atomic mass is 10.1. The van der Waals surface area contributed by atoms with E-state index in [0.717, 1.165) is 22.9 Å². The van der Waals surface area contributed by atoms with Crippen molar-refractivity contribution in [2.75, 3.05) is 17.4 Å². The van der Waals surface area contributed by atoms with Gasteiger partial charge in [0.15, 0.2) is 16.6 Å². The summed E-state index contributed by atoms with van der Waals surface area (Å²) in [7, 11) is 0. The first-order valence-electron chi connectivity index (χ1n) is 6.67. The fraction of sp³-hybridized carbons (Fsp3) is 0.188. The molecule has 0 fully saturated rings. The minimum absolute atomic E-state index is 0.268. The van der Waals surface area contributed by atoms with Gasteiger partial charge < -0.3 is 20.1 Å². The van der Waals surface area contributed by atoms with Crippen molar-refractivity contribution in [3.63, 3.8) is 0 Å². The second kappa shape index (κ2) is 5.61. The summed E-state index contributed by atoms with van der Waals surface area (Å²) in [6, 6.07) is 11.8. The fourth-order valence-corrected chi connectivity index (χ4v) is 2.32. The Labute approximate surface area is 129 Å². The van der Waals surface area contributed by atoms with E-state index in [1.165, 1.54) is 11.1 Å². The van der Waals surface area contributed by atoms with Crippen molar-refractivity contribution >= 4 is 28.7 Å². The van der Waals surface area contributed by atoms with Gasteiger partial charge in [0.2, 0.25) is 6.79 Å². The molecule has 21 heavy (non-hydrogen) atoms. The molecular weight excluding hydrogens is 284 g/mol. The molecule has 1 aliphatic rings. The Morgan fingerprint density at radius 2 is 1.57 bits per heavy atom. The average molecular weight is 300 g/mol. The number of hydrogen-bond donors (Lipinski definition) is 2. The Morgan fingerprint density at radius 1 is 0.905 bits per heavy atom. The molecule has 0 aliphatic carbocycles. The minimum atomic E-state index is 0.268. The van der Waals surface area contributed by atoms with Crippen LogP contribution < -0.4 is 20.1 Å². The predicted molar refractivity (Wildman–Crippen MR) is 88.3 cm³/mol. The number of fused-ring (bicyclic) bond motifs is 1. The Morgan fingerprint density at radius 3 is 2.33 bits per heavy atom. The normalized spacial score (nSPS) is 12.1. The maximum Gasteiger partial charge on any atom is 0.231 e. The highest BCUT2D eigenvalue weighted by Crippen LogP contribution is 2.34. The Hall–Kier alpha value is -2.27. The zero-order valence-electron chi connectivity index (χ0n) is 11.9. The highest BCUT2D eigenvalue weighted by molar-refractivity contribution is 7.80. The van der Waals surface area contributed by atoms with Gasteiger partial charge in [-0.05, 0) is 61.5 Å². The van der Waals surface area contributed by atoms with E-state index in [1.54, 1.807) is 0 Å². The van der Waals surface area contributed by atoms with Gasteiger partial charge in [0.25, 0.3) is 0 Å². The van der Waals surface area contributed by atoms with Crippen molar-refractivity contribution in [2.24, 2.45) is 0 Å². The van der Waals surface area contributed by atoms with Gasteiger partial charge in [-0.15, -0.1) is 0 Å². The van der Waals surface area contributed by atoms with Crippen LogP contribution in [0.1, 0.15) is 11.1 Å². The molecule has 2 N–H and O–H groups in total. The van der Waals surface area contributed by atoms with Crippen LogP contribution in [0.25, 0.3) is 0 Å². The largest absolute Gasteiger partial charge is 0.454 e. The molecule has 1 heterocycles. The SMILES string of the molecule is Cc1ccc(NC(=S)Nc2ccc3c(c2)OCO3)cc1C. The van der Waals surface area contributed by atoms with E-state index >= 15 is 0 Å². The number of anilines is 2. The van der Waals surface area contributed by atoms with Gasteiger partial charge in [0, 0.05) is 17.4 Å². The second-order valence-electron chi connectivity index (χ2n) is 4.95. The van der Waals surface area contributed by atoms with Crippen LogP contribution in [0.2, 0.25) is 0 Å². The van der Waals surface area contributed by atoms with Crippen molar-refractivity contribution in [2.45, 2.75) is 13.8 Å². The summed E-state index contributed by atoms with van der Waals surface area (Å²) in [5.74, 6) is 1.49. The number of nitrogens with one attached hydrogen (secondary N) is 2. The molecule has 3 rings (SSSR count). The third-order valence-corrected chi connectivity index (χ3v) is 3.60.